The molecule has 0 aliphatic carbocycles. The van der Waals surface area contributed by atoms with Gasteiger partial charge in [-0.05, 0) is 19.8 Å². The smallest absolute Gasteiger partial charge is 0.234 e. The molecule has 8 heteroatoms. The second-order valence-electron chi connectivity index (χ2n) is 7.30. The highest BCUT2D eigenvalue weighted by molar-refractivity contribution is 5.41. The minimum Gasteiger partial charge on any atom is -0.476 e. The Morgan fingerprint density at radius 2 is 2.08 bits per heavy atom. The fourth-order valence-electron chi connectivity index (χ4n) is 2.75. The van der Waals surface area contributed by atoms with Crippen molar-refractivity contribution in [3.63, 3.8) is 0 Å². The summed E-state index contributed by atoms with van der Waals surface area (Å²) in [6.45, 7) is 9.91. The standard InChI is InChI=1S/C17H26N6O2/c1-12(2)10-25-16-8-18-7-15(19-16)22-6-5-17(24,11-22)14-9-23(13(3)4)21-20-14/h7-9,12-13,24H,5-6,10-11H2,1-4H3. The highest BCUT2D eigenvalue weighted by Crippen LogP contribution is 2.33. The van der Waals surface area contributed by atoms with Gasteiger partial charge in [0.2, 0.25) is 5.88 Å². The topological polar surface area (TPSA) is 89.2 Å². The van der Waals surface area contributed by atoms with Crippen molar-refractivity contribution in [2.75, 3.05) is 24.6 Å². The minimum atomic E-state index is -1.02. The van der Waals surface area contributed by atoms with Crippen LogP contribution in [0, 0.1) is 5.92 Å². The van der Waals surface area contributed by atoms with Gasteiger partial charge in [0.1, 0.15) is 11.3 Å². The Labute approximate surface area is 147 Å². The fourth-order valence-corrected chi connectivity index (χ4v) is 2.75. The lowest BCUT2D eigenvalue weighted by Gasteiger charge is -2.21. The predicted molar refractivity (Wildman–Crippen MR) is 93.5 cm³/mol. The summed E-state index contributed by atoms with van der Waals surface area (Å²) in [5.41, 5.74) is -0.423. The Morgan fingerprint density at radius 1 is 1.28 bits per heavy atom. The SMILES string of the molecule is CC(C)COc1cncc(N2CCC(O)(c3cn(C(C)C)nn3)C2)n1. The van der Waals surface area contributed by atoms with Crippen molar-refractivity contribution in [3.05, 3.63) is 24.3 Å². The first-order valence-electron chi connectivity index (χ1n) is 8.72. The van der Waals surface area contributed by atoms with Crippen LogP contribution in [0.4, 0.5) is 5.82 Å². The summed E-state index contributed by atoms with van der Waals surface area (Å²) in [5.74, 6) is 1.63. The summed E-state index contributed by atoms with van der Waals surface area (Å²) >= 11 is 0. The number of aliphatic hydroxyl groups is 1. The third-order valence-electron chi connectivity index (χ3n) is 4.25. The molecular weight excluding hydrogens is 320 g/mol. The maximum absolute atomic E-state index is 11.0. The third-order valence-corrected chi connectivity index (χ3v) is 4.25. The van der Waals surface area contributed by atoms with Crippen LogP contribution in [0.1, 0.15) is 45.9 Å². The average Bonchev–Trinajstić information content (AvgIpc) is 3.21. The number of β-amino-alcohol motifs (C(OH)–C–C–N with tert-alkyl or cyclic N) is 1. The molecule has 0 bridgehead atoms. The van der Waals surface area contributed by atoms with Gasteiger partial charge in [-0.25, -0.2) is 4.68 Å². The summed E-state index contributed by atoms with van der Waals surface area (Å²) in [5, 5.41) is 19.3. The zero-order chi connectivity index (χ0) is 18.0. The van der Waals surface area contributed by atoms with E-state index < -0.39 is 5.60 Å². The number of nitrogens with zero attached hydrogens (tertiary/aromatic N) is 6. The molecule has 1 unspecified atom stereocenters. The molecule has 0 saturated carbocycles. The van der Waals surface area contributed by atoms with Crippen LogP contribution in [0.25, 0.3) is 0 Å². The van der Waals surface area contributed by atoms with E-state index >= 15 is 0 Å². The highest BCUT2D eigenvalue weighted by atomic mass is 16.5. The van der Waals surface area contributed by atoms with E-state index in [1.165, 1.54) is 0 Å². The Hall–Kier alpha value is -2.22. The zero-order valence-electron chi connectivity index (χ0n) is 15.3. The molecule has 0 spiro atoms. The van der Waals surface area contributed by atoms with Crippen molar-refractivity contribution in [2.45, 2.75) is 45.8 Å². The van der Waals surface area contributed by atoms with Gasteiger partial charge in [0.25, 0.3) is 0 Å². The molecule has 3 rings (SSSR count). The van der Waals surface area contributed by atoms with Gasteiger partial charge in [0.15, 0.2) is 5.82 Å². The fraction of sp³-hybridized carbons (Fsp3) is 0.647. The van der Waals surface area contributed by atoms with Crippen LogP contribution < -0.4 is 9.64 Å². The van der Waals surface area contributed by atoms with Crippen LogP contribution in [-0.2, 0) is 5.60 Å². The van der Waals surface area contributed by atoms with E-state index in [1.54, 1.807) is 17.1 Å². The number of ether oxygens (including phenoxy) is 1. The molecule has 1 N–H and O–H groups in total. The maximum Gasteiger partial charge on any atom is 0.234 e. The normalized spacial score (nSPS) is 20.7. The van der Waals surface area contributed by atoms with Crippen LogP contribution in [0.5, 0.6) is 5.88 Å². The van der Waals surface area contributed by atoms with Crippen molar-refractivity contribution in [3.8, 4) is 5.88 Å². The number of hydrogen-bond acceptors (Lipinski definition) is 7. The Kier molecular flexibility index (Phi) is 4.89. The summed E-state index contributed by atoms with van der Waals surface area (Å²) in [6.07, 6.45) is 5.70. The van der Waals surface area contributed by atoms with Gasteiger partial charge in [-0.1, -0.05) is 19.1 Å². The van der Waals surface area contributed by atoms with E-state index in [-0.39, 0.29) is 6.04 Å². The summed E-state index contributed by atoms with van der Waals surface area (Å²) in [6, 6.07) is 0.211. The maximum atomic E-state index is 11.0. The molecule has 1 saturated heterocycles. The predicted octanol–water partition coefficient (Wildman–Crippen LogP) is 1.78. The lowest BCUT2D eigenvalue weighted by atomic mass is 10.00. The van der Waals surface area contributed by atoms with Gasteiger partial charge < -0.3 is 14.7 Å². The number of rotatable bonds is 6. The molecular formula is C17H26N6O2. The quantitative estimate of drug-likeness (QED) is 0.853. The number of aromatic nitrogens is 5. The lowest BCUT2D eigenvalue weighted by molar-refractivity contribution is 0.0558. The molecule has 1 aliphatic rings. The molecule has 1 aliphatic heterocycles. The average molecular weight is 346 g/mol. The Bertz CT molecular complexity index is 717. The van der Waals surface area contributed by atoms with Crippen LogP contribution in [0.2, 0.25) is 0 Å². The molecule has 2 aromatic rings. The van der Waals surface area contributed by atoms with Gasteiger partial charge >= 0.3 is 0 Å². The molecule has 2 aromatic heterocycles. The first-order valence-corrected chi connectivity index (χ1v) is 8.72. The van der Waals surface area contributed by atoms with Crippen molar-refractivity contribution >= 4 is 5.82 Å². The van der Waals surface area contributed by atoms with Gasteiger partial charge in [0.05, 0.1) is 31.7 Å². The van der Waals surface area contributed by atoms with Crippen molar-refractivity contribution in [1.82, 2.24) is 25.0 Å². The molecule has 3 heterocycles. The zero-order valence-corrected chi connectivity index (χ0v) is 15.3. The van der Waals surface area contributed by atoms with E-state index in [0.29, 0.717) is 49.4 Å². The summed E-state index contributed by atoms with van der Waals surface area (Å²) < 4.78 is 7.41. The van der Waals surface area contributed by atoms with Crippen LogP contribution in [0.3, 0.4) is 0 Å². The molecule has 0 amide bonds. The third kappa shape index (κ3) is 3.89. The monoisotopic (exact) mass is 346 g/mol. The Morgan fingerprint density at radius 3 is 2.76 bits per heavy atom. The second-order valence-corrected chi connectivity index (χ2v) is 7.30. The van der Waals surface area contributed by atoms with E-state index in [2.05, 4.69) is 34.1 Å². The molecule has 136 valence electrons. The van der Waals surface area contributed by atoms with E-state index in [1.807, 2.05) is 24.9 Å². The lowest BCUT2D eigenvalue weighted by Crippen LogP contribution is -2.31. The Balaban J connectivity index is 1.72. The highest BCUT2D eigenvalue weighted by Gasteiger charge is 2.41. The van der Waals surface area contributed by atoms with Crippen molar-refractivity contribution < 1.29 is 9.84 Å². The molecule has 1 atom stereocenters. The number of anilines is 1. The van der Waals surface area contributed by atoms with Crippen LogP contribution in [0.15, 0.2) is 18.6 Å². The molecule has 1 fully saturated rings. The second kappa shape index (κ2) is 6.95. The van der Waals surface area contributed by atoms with E-state index in [9.17, 15) is 5.11 Å². The van der Waals surface area contributed by atoms with Gasteiger partial charge in [-0.3, -0.25) is 4.98 Å². The van der Waals surface area contributed by atoms with Crippen molar-refractivity contribution in [1.29, 1.82) is 0 Å². The summed E-state index contributed by atoms with van der Waals surface area (Å²) in [7, 11) is 0. The summed E-state index contributed by atoms with van der Waals surface area (Å²) in [4.78, 5) is 10.7. The largest absolute Gasteiger partial charge is 0.476 e. The van der Waals surface area contributed by atoms with Gasteiger partial charge in [0, 0.05) is 19.0 Å². The molecule has 0 radical (unpaired) electrons. The molecule has 25 heavy (non-hydrogen) atoms. The number of hydrogen-bond donors (Lipinski definition) is 1. The molecule has 0 aromatic carbocycles. The van der Waals surface area contributed by atoms with E-state index in [0.717, 1.165) is 0 Å². The first-order chi connectivity index (χ1) is 11.9. The minimum absolute atomic E-state index is 0.211. The van der Waals surface area contributed by atoms with Crippen LogP contribution >= 0.6 is 0 Å². The van der Waals surface area contributed by atoms with E-state index in [4.69, 9.17) is 4.74 Å². The molecule has 8 nitrogen and oxygen atoms in total. The van der Waals surface area contributed by atoms with Gasteiger partial charge in [-0.15, -0.1) is 5.10 Å². The first kappa shape index (κ1) is 17.6. The van der Waals surface area contributed by atoms with Crippen molar-refractivity contribution in [2.24, 2.45) is 5.92 Å². The van der Waals surface area contributed by atoms with Crippen LogP contribution in [-0.4, -0.2) is 49.8 Å². The van der Waals surface area contributed by atoms with Gasteiger partial charge in [-0.2, -0.15) is 4.98 Å².